The minimum atomic E-state index is -0.312. The minimum Gasteiger partial charge on any atom is -0.423 e. The van der Waals surface area contributed by atoms with Crippen LogP contribution in [0.5, 0.6) is 0 Å². The zero-order valence-electron chi connectivity index (χ0n) is 15.1. The molecule has 0 N–H and O–H groups in total. The highest BCUT2D eigenvalue weighted by atomic mass is 16.4. The molecule has 1 aromatic heterocycles. The summed E-state index contributed by atoms with van der Waals surface area (Å²) in [7, 11) is 1.92. The van der Waals surface area contributed by atoms with Crippen molar-refractivity contribution in [1.82, 2.24) is 9.88 Å². The Hall–Kier alpha value is -2.04. The van der Waals surface area contributed by atoms with Crippen molar-refractivity contribution in [3.8, 4) is 0 Å². The van der Waals surface area contributed by atoms with Crippen molar-refractivity contribution in [1.29, 1.82) is 0 Å². The third-order valence-corrected chi connectivity index (χ3v) is 4.69. The van der Waals surface area contributed by atoms with Gasteiger partial charge in [-0.2, -0.15) is 4.98 Å². The zero-order valence-corrected chi connectivity index (χ0v) is 15.1. The molecule has 5 nitrogen and oxygen atoms in total. The van der Waals surface area contributed by atoms with Crippen molar-refractivity contribution < 1.29 is 9.21 Å². The highest BCUT2D eigenvalue weighted by molar-refractivity contribution is 5.81. The molecule has 5 heteroatoms. The first-order valence-electron chi connectivity index (χ1n) is 8.70. The van der Waals surface area contributed by atoms with Gasteiger partial charge in [0.15, 0.2) is 5.58 Å². The topological polar surface area (TPSA) is 49.6 Å². The summed E-state index contributed by atoms with van der Waals surface area (Å²) in [5, 5.41) is 0. The predicted octanol–water partition coefficient (Wildman–Crippen LogP) is 3.55. The molecule has 1 aliphatic heterocycles. The lowest BCUT2D eigenvalue weighted by Gasteiger charge is -2.34. The summed E-state index contributed by atoms with van der Waals surface area (Å²) in [6, 6.07) is 8.58. The number of carbonyl (C=O) groups is 1. The van der Waals surface area contributed by atoms with Crippen molar-refractivity contribution >= 4 is 23.0 Å². The lowest BCUT2D eigenvalue weighted by atomic mass is 9.92. The molecule has 0 bridgehead atoms. The van der Waals surface area contributed by atoms with Crippen LogP contribution in [0.25, 0.3) is 11.1 Å². The SMILES string of the molecule is CN(CC1CCN(c2nc3ccccc3o2)CC1)C(=O)C(C)(C)C. The van der Waals surface area contributed by atoms with E-state index in [2.05, 4.69) is 9.88 Å². The number of para-hydroxylation sites is 2. The summed E-state index contributed by atoms with van der Waals surface area (Å²) < 4.78 is 5.86. The van der Waals surface area contributed by atoms with Gasteiger partial charge in [-0.15, -0.1) is 0 Å². The van der Waals surface area contributed by atoms with Crippen LogP contribution >= 0.6 is 0 Å². The molecular weight excluding hydrogens is 302 g/mol. The van der Waals surface area contributed by atoms with E-state index >= 15 is 0 Å². The number of nitrogens with zero attached hydrogens (tertiary/aromatic N) is 3. The van der Waals surface area contributed by atoms with Crippen LogP contribution in [0.3, 0.4) is 0 Å². The van der Waals surface area contributed by atoms with E-state index in [1.54, 1.807) is 0 Å². The van der Waals surface area contributed by atoms with Gasteiger partial charge in [0, 0.05) is 32.1 Å². The van der Waals surface area contributed by atoms with Crippen molar-refractivity contribution in [2.45, 2.75) is 33.6 Å². The van der Waals surface area contributed by atoms with Crippen LogP contribution < -0.4 is 4.90 Å². The molecule has 0 unspecified atom stereocenters. The molecule has 2 heterocycles. The van der Waals surface area contributed by atoms with Gasteiger partial charge in [-0.25, -0.2) is 0 Å². The number of benzene rings is 1. The fourth-order valence-corrected chi connectivity index (χ4v) is 3.34. The van der Waals surface area contributed by atoms with E-state index in [0.717, 1.165) is 43.6 Å². The number of hydrogen-bond donors (Lipinski definition) is 0. The molecule has 0 saturated carbocycles. The second kappa shape index (κ2) is 6.46. The van der Waals surface area contributed by atoms with Crippen molar-refractivity contribution in [3.63, 3.8) is 0 Å². The summed E-state index contributed by atoms with van der Waals surface area (Å²) in [5.41, 5.74) is 1.43. The van der Waals surface area contributed by atoms with E-state index < -0.39 is 0 Å². The van der Waals surface area contributed by atoms with E-state index in [9.17, 15) is 4.79 Å². The van der Waals surface area contributed by atoms with Gasteiger partial charge < -0.3 is 14.2 Å². The lowest BCUT2D eigenvalue weighted by Crippen LogP contribution is -2.42. The maximum atomic E-state index is 12.3. The molecule has 0 spiro atoms. The number of amides is 1. The van der Waals surface area contributed by atoms with E-state index in [1.807, 2.05) is 57.0 Å². The second-order valence-corrected chi connectivity index (χ2v) is 7.83. The molecule has 1 aliphatic rings. The van der Waals surface area contributed by atoms with E-state index in [4.69, 9.17) is 4.42 Å². The van der Waals surface area contributed by atoms with Crippen molar-refractivity contribution in [3.05, 3.63) is 24.3 Å². The number of piperidine rings is 1. The average molecular weight is 329 g/mol. The zero-order chi connectivity index (χ0) is 17.3. The smallest absolute Gasteiger partial charge is 0.298 e. The number of aromatic nitrogens is 1. The normalized spacial score (nSPS) is 16.6. The maximum absolute atomic E-state index is 12.3. The predicted molar refractivity (Wildman–Crippen MR) is 96.0 cm³/mol. The molecular formula is C19H27N3O2. The largest absolute Gasteiger partial charge is 0.423 e. The van der Waals surface area contributed by atoms with Crippen molar-refractivity contribution in [2.24, 2.45) is 11.3 Å². The first-order chi connectivity index (χ1) is 11.3. The third kappa shape index (κ3) is 3.55. The van der Waals surface area contributed by atoms with Crippen LogP contribution in [0, 0.1) is 11.3 Å². The average Bonchev–Trinajstić information content (AvgIpc) is 2.98. The lowest BCUT2D eigenvalue weighted by molar-refractivity contribution is -0.138. The third-order valence-electron chi connectivity index (χ3n) is 4.69. The molecule has 1 aromatic carbocycles. The van der Waals surface area contributed by atoms with E-state index in [1.165, 1.54) is 0 Å². The Kier molecular flexibility index (Phi) is 4.52. The van der Waals surface area contributed by atoms with E-state index in [-0.39, 0.29) is 11.3 Å². The second-order valence-electron chi connectivity index (χ2n) is 7.83. The van der Waals surface area contributed by atoms with Gasteiger partial charge in [0.2, 0.25) is 5.91 Å². The van der Waals surface area contributed by atoms with E-state index in [0.29, 0.717) is 11.9 Å². The Labute approximate surface area is 143 Å². The van der Waals surface area contributed by atoms with Crippen LogP contribution in [0.1, 0.15) is 33.6 Å². The van der Waals surface area contributed by atoms with Crippen LogP contribution in [0.15, 0.2) is 28.7 Å². The monoisotopic (exact) mass is 329 g/mol. The van der Waals surface area contributed by atoms with Crippen LogP contribution in [0.2, 0.25) is 0 Å². The number of oxazole rings is 1. The molecule has 2 aromatic rings. The highest BCUT2D eigenvalue weighted by Crippen LogP contribution is 2.27. The Bertz CT molecular complexity index is 676. The molecule has 0 aliphatic carbocycles. The standard InChI is InChI=1S/C19H27N3O2/c1-19(2,3)17(23)21(4)13-14-9-11-22(12-10-14)18-20-15-7-5-6-8-16(15)24-18/h5-8,14H,9-13H2,1-4H3. The Morgan fingerprint density at radius 3 is 2.58 bits per heavy atom. The minimum absolute atomic E-state index is 0.212. The maximum Gasteiger partial charge on any atom is 0.298 e. The van der Waals surface area contributed by atoms with Crippen LogP contribution in [0.4, 0.5) is 6.01 Å². The van der Waals surface area contributed by atoms with Gasteiger partial charge >= 0.3 is 0 Å². The summed E-state index contributed by atoms with van der Waals surface area (Å²) in [4.78, 5) is 21.0. The number of fused-ring (bicyclic) bond motifs is 1. The van der Waals surface area contributed by atoms with Gasteiger partial charge in [0.25, 0.3) is 6.01 Å². The Balaban J connectivity index is 1.57. The molecule has 1 amide bonds. The van der Waals surface area contributed by atoms with Crippen LogP contribution in [-0.2, 0) is 4.79 Å². The number of rotatable bonds is 3. The molecule has 0 radical (unpaired) electrons. The first-order valence-corrected chi connectivity index (χ1v) is 8.70. The summed E-state index contributed by atoms with van der Waals surface area (Å²) in [5.74, 6) is 0.755. The highest BCUT2D eigenvalue weighted by Gasteiger charge is 2.28. The summed E-state index contributed by atoms with van der Waals surface area (Å²) in [6.07, 6.45) is 2.11. The van der Waals surface area contributed by atoms with Gasteiger partial charge in [0.05, 0.1) is 0 Å². The van der Waals surface area contributed by atoms with Gasteiger partial charge in [-0.3, -0.25) is 4.79 Å². The van der Waals surface area contributed by atoms with Crippen LogP contribution in [-0.4, -0.2) is 42.5 Å². The number of carbonyl (C=O) groups excluding carboxylic acids is 1. The van der Waals surface area contributed by atoms with Gasteiger partial charge in [0.1, 0.15) is 5.52 Å². The Morgan fingerprint density at radius 2 is 1.96 bits per heavy atom. The fraction of sp³-hybridized carbons (Fsp3) is 0.579. The molecule has 24 heavy (non-hydrogen) atoms. The Morgan fingerprint density at radius 1 is 1.29 bits per heavy atom. The van der Waals surface area contributed by atoms with Gasteiger partial charge in [-0.1, -0.05) is 32.9 Å². The quantitative estimate of drug-likeness (QED) is 0.864. The van der Waals surface area contributed by atoms with Crippen molar-refractivity contribution in [2.75, 3.05) is 31.6 Å². The fourth-order valence-electron chi connectivity index (χ4n) is 3.34. The summed E-state index contributed by atoms with van der Waals surface area (Å²) >= 11 is 0. The number of hydrogen-bond acceptors (Lipinski definition) is 4. The molecule has 1 saturated heterocycles. The first kappa shape index (κ1) is 16.8. The molecule has 1 fully saturated rings. The van der Waals surface area contributed by atoms with Gasteiger partial charge in [-0.05, 0) is 30.9 Å². The summed E-state index contributed by atoms with van der Waals surface area (Å²) in [6.45, 7) is 8.60. The number of anilines is 1. The molecule has 130 valence electrons. The molecule has 3 rings (SSSR count). The molecule has 0 atom stereocenters.